The summed E-state index contributed by atoms with van der Waals surface area (Å²) in [4.78, 5) is 0. The molecule has 0 aliphatic carbocycles. The molecule has 6 nitrogen and oxygen atoms in total. The summed E-state index contributed by atoms with van der Waals surface area (Å²) in [5.74, 6) is 0. The van der Waals surface area contributed by atoms with Crippen molar-refractivity contribution in [2.24, 2.45) is 0 Å². The van der Waals surface area contributed by atoms with E-state index in [-0.39, 0.29) is 0 Å². The van der Waals surface area contributed by atoms with Crippen molar-refractivity contribution in [2.75, 3.05) is 0 Å². The number of aliphatic hydroxyl groups is 6. The Morgan fingerprint density at radius 3 is 1.00 bits per heavy atom. The van der Waals surface area contributed by atoms with E-state index in [1.54, 1.807) is 60.7 Å². The van der Waals surface area contributed by atoms with Gasteiger partial charge in [0.05, 0.1) is 0 Å². The first-order valence-electron chi connectivity index (χ1n) is 7.61. The van der Waals surface area contributed by atoms with Gasteiger partial charge in [0.15, 0.2) is 0 Å². The van der Waals surface area contributed by atoms with Crippen LogP contribution >= 0.6 is 0 Å². The lowest BCUT2D eigenvalue weighted by molar-refractivity contribution is -0.155. The summed E-state index contributed by atoms with van der Waals surface area (Å²) < 4.78 is 0. The molecule has 0 bridgehead atoms. The number of benzene rings is 2. The van der Waals surface area contributed by atoms with Crippen molar-refractivity contribution in [3.05, 3.63) is 71.8 Å². The van der Waals surface area contributed by atoms with E-state index in [1.807, 2.05) is 0 Å². The third kappa shape index (κ3) is 4.18. The van der Waals surface area contributed by atoms with Gasteiger partial charge in [0.2, 0.25) is 0 Å². The average Bonchev–Trinajstić information content (AvgIpc) is 2.65. The Labute approximate surface area is 139 Å². The van der Waals surface area contributed by atoms with Crippen molar-refractivity contribution in [3.8, 4) is 0 Å². The summed E-state index contributed by atoms with van der Waals surface area (Å²) in [6, 6.07) is 16.3. The van der Waals surface area contributed by atoms with Gasteiger partial charge < -0.3 is 30.6 Å². The molecule has 24 heavy (non-hydrogen) atoms. The van der Waals surface area contributed by atoms with E-state index in [9.17, 15) is 30.6 Å². The van der Waals surface area contributed by atoms with Crippen molar-refractivity contribution in [1.29, 1.82) is 0 Å². The molecule has 6 N–H and O–H groups in total. The van der Waals surface area contributed by atoms with E-state index in [2.05, 4.69) is 0 Å². The average molecular weight is 334 g/mol. The Hall–Kier alpha value is -1.80. The predicted octanol–water partition coefficient (Wildman–Crippen LogP) is -0.103. The molecule has 0 saturated carbocycles. The Kier molecular flexibility index (Phi) is 6.44. The summed E-state index contributed by atoms with van der Waals surface area (Å²) in [6.07, 6.45) is -10.1. The Morgan fingerprint density at radius 1 is 0.417 bits per heavy atom. The van der Waals surface area contributed by atoms with Gasteiger partial charge in [-0.3, -0.25) is 0 Å². The Bertz CT molecular complexity index is 550. The molecule has 0 fully saturated rings. The summed E-state index contributed by atoms with van der Waals surface area (Å²) in [5, 5.41) is 60.4. The Balaban J connectivity index is 2.06. The van der Waals surface area contributed by atoms with Gasteiger partial charge in [-0.2, -0.15) is 0 Å². The van der Waals surface area contributed by atoms with Crippen molar-refractivity contribution in [1.82, 2.24) is 0 Å². The lowest BCUT2D eigenvalue weighted by Gasteiger charge is -2.31. The van der Waals surface area contributed by atoms with Crippen molar-refractivity contribution < 1.29 is 30.6 Å². The minimum absolute atomic E-state index is 0.356. The second-order valence-corrected chi connectivity index (χ2v) is 5.67. The first kappa shape index (κ1) is 18.5. The second-order valence-electron chi connectivity index (χ2n) is 5.67. The molecule has 2 aromatic rings. The van der Waals surface area contributed by atoms with Crippen LogP contribution in [0.1, 0.15) is 23.3 Å². The normalized spacial score (nSPS) is 19.1. The third-order valence-corrected chi connectivity index (χ3v) is 3.98. The maximum atomic E-state index is 10.1. The predicted molar refractivity (Wildman–Crippen MR) is 86.8 cm³/mol. The van der Waals surface area contributed by atoms with E-state index in [0.717, 1.165) is 0 Å². The van der Waals surface area contributed by atoms with E-state index in [0.29, 0.717) is 11.1 Å². The highest BCUT2D eigenvalue weighted by Crippen LogP contribution is 2.25. The van der Waals surface area contributed by atoms with E-state index >= 15 is 0 Å². The van der Waals surface area contributed by atoms with Crippen LogP contribution in [0, 0.1) is 0 Å². The van der Waals surface area contributed by atoms with Crippen LogP contribution in [0.4, 0.5) is 0 Å². The van der Waals surface area contributed by atoms with Crippen LogP contribution in [0.25, 0.3) is 0 Å². The van der Waals surface area contributed by atoms with Crippen LogP contribution in [-0.4, -0.2) is 55.1 Å². The van der Waals surface area contributed by atoms with E-state index < -0.39 is 36.6 Å². The highest BCUT2D eigenvalue weighted by atomic mass is 16.4. The number of rotatable bonds is 7. The SMILES string of the molecule is O[C@H]([C@@H](O)[C@H](O)[C@@H](O)c1ccccc1)[C@@H](O)[C@H](O)c1ccccc1. The zero-order valence-electron chi connectivity index (χ0n) is 12.9. The molecule has 6 atom stereocenters. The van der Waals surface area contributed by atoms with Gasteiger partial charge in [0.25, 0.3) is 0 Å². The zero-order valence-corrected chi connectivity index (χ0v) is 12.9. The van der Waals surface area contributed by atoms with Crippen LogP contribution < -0.4 is 0 Å². The molecule has 0 aromatic heterocycles. The van der Waals surface area contributed by atoms with Crippen molar-refractivity contribution in [2.45, 2.75) is 36.6 Å². The van der Waals surface area contributed by atoms with Gasteiger partial charge in [0, 0.05) is 0 Å². The topological polar surface area (TPSA) is 121 Å². The molecule has 0 spiro atoms. The van der Waals surface area contributed by atoms with Crippen LogP contribution in [0.2, 0.25) is 0 Å². The molecule has 0 aliphatic heterocycles. The van der Waals surface area contributed by atoms with Gasteiger partial charge in [-0.1, -0.05) is 60.7 Å². The van der Waals surface area contributed by atoms with Gasteiger partial charge >= 0.3 is 0 Å². The summed E-state index contributed by atoms with van der Waals surface area (Å²) >= 11 is 0. The van der Waals surface area contributed by atoms with Crippen LogP contribution in [0.3, 0.4) is 0 Å². The molecule has 130 valence electrons. The molecular weight excluding hydrogens is 312 g/mol. The Morgan fingerprint density at radius 2 is 0.708 bits per heavy atom. The van der Waals surface area contributed by atoms with Gasteiger partial charge in [-0.25, -0.2) is 0 Å². The minimum Gasteiger partial charge on any atom is -0.387 e. The molecule has 2 aromatic carbocycles. The minimum atomic E-state index is -1.85. The first-order chi connectivity index (χ1) is 11.4. The molecule has 2 rings (SSSR count). The van der Waals surface area contributed by atoms with Crippen LogP contribution in [0.15, 0.2) is 60.7 Å². The van der Waals surface area contributed by atoms with Gasteiger partial charge in [-0.15, -0.1) is 0 Å². The first-order valence-corrected chi connectivity index (χ1v) is 7.61. The lowest BCUT2D eigenvalue weighted by atomic mass is 9.91. The van der Waals surface area contributed by atoms with Gasteiger partial charge in [-0.05, 0) is 11.1 Å². The summed E-state index contributed by atoms with van der Waals surface area (Å²) in [7, 11) is 0. The molecular formula is C18H22O6. The fraction of sp³-hybridized carbons (Fsp3) is 0.333. The van der Waals surface area contributed by atoms with Crippen LogP contribution in [0.5, 0.6) is 0 Å². The van der Waals surface area contributed by atoms with Crippen molar-refractivity contribution in [3.63, 3.8) is 0 Å². The zero-order chi connectivity index (χ0) is 17.7. The molecule has 6 heteroatoms. The molecule has 0 radical (unpaired) electrons. The smallest absolute Gasteiger partial charge is 0.113 e. The third-order valence-electron chi connectivity index (χ3n) is 3.98. The summed E-state index contributed by atoms with van der Waals surface area (Å²) in [5.41, 5.74) is 0.712. The standard InChI is InChI=1S/C18H22O6/c19-13(11-7-3-1-4-8-11)15(21)17(23)18(24)16(22)14(20)12-9-5-2-6-10-12/h1-10,13-24H/t13-,14+,15+,16-,17-,18-/m0/s1. The molecule has 0 unspecified atom stereocenters. The fourth-order valence-corrected chi connectivity index (χ4v) is 2.47. The number of hydrogen-bond acceptors (Lipinski definition) is 6. The highest BCUT2D eigenvalue weighted by Gasteiger charge is 2.37. The second kappa shape index (κ2) is 8.34. The molecule has 0 aliphatic rings. The largest absolute Gasteiger partial charge is 0.387 e. The lowest BCUT2D eigenvalue weighted by Crippen LogP contribution is -2.48. The maximum Gasteiger partial charge on any atom is 0.113 e. The maximum absolute atomic E-state index is 10.1. The monoisotopic (exact) mass is 334 g/mol. The van der Waals surface area contributed by atoms with Crippen LogP contribution in [-0.2, 0) is 0 Å². The molecule has 0 heterocycles. The highest BCUT2D eigenvalue weighted by molar-refractivity contribution is 5.20. The molecule has 0 saturated heterocycles. The van der Waals surface area contributed by atoms with Crippen molar-refractivity contribution >= 4 is 0 Å². The van der Waals surface area contributed by atoms with E-state index in [1.165, 1.54) is 0 Å². The fourth-order valence-electron chi connectivity index (χ4n) is 2.47. The van der Waals surface area contributed by atoms with Gasteiger partial charge in [0.1, 0.15) is 36.6 Å². The summed E-state index contributed by atoms with van der Waals surface area (Å²) in [6.45, 7) is 0. The number of aliphatic hydroxyl groups excluding tert-OH is 6. The van der Waals surface area contributed by atoms with E-state index in [4.69, 9.17) is 0 Å². The number of hydrogen-bond donors (Lipinski definition) is 6. The molecule has 0 amide bonds. The quantitative estimate of drug-likeness (QED) is 0.420.